The predicted octanol–water partition coefficient (Wildman–Crippen LogP) is 3.56. The number of hydrogen-bond acceptors (Lipinski definition) is 3. The third kappa shape index (κ3) is 5.66. The third-order valence-electron chi connectivity index (χ3n) is 4.79. The minimum Gasteiger partial charge on any atom is -0.373 e. The second kappa shape index (κ2) is 10.2. The molecular weight excluding hydrogens is 472 g/mol. The van der Waals surface area contributed by atoms with Gasteiger partial charge in [-0.15, -0.1) is 24.0 Å². The zero-order chi connectivity index (χ0) is 19.3. The Morgan fingerprint density at radius 3 is 2.82 bits per heavy atom. The normalized spacial score (nSPS) is 19.4. The molecule has 2 heterocycles. The maximum atomic E-state index is 14.5. The predicted molar refractivity (Wildman–Crippen MR) is 120 cm³/mol. The average Bonchev–Trinajstić information content (AvgIpc) is 3.26. The lowest BCUT2D eigenvalue weighted by atomic mass is 10.0. The largest absolute Gasteiger partial charge is 0.373 e. The van der Waals surface area contributed by atoms with Crippen LogP contribution in [0.25, 0.3) is 5.69 Å². The van der Waals surface area contributed by atoms with E-state index >= 15 is 0 Å². The molecule has 1 fully saturated rings. The molecule has 0 bridgehead atoms. The van der Waals surface area contributed by atoms with E-state index in [4.69, 9.17) is 4.74 Å². The van der Waals surface area contributed by atoms with E-state index in [1.165, 1.54) is 6.07 Å². The van der Waals surface area contributed by atoms with Gasteiger partial charge in [0.1, 0.15) is 11.6 Å². The van der Waals surface area contributed by atoms with Crippen molar-refractivity contribution in [2.45, 2.75) is 45.8 Å². The first kappa shape index (κ1) is 22.6. The van der Waals surface area contributed by atoms with Crippen LogP contribution >= 0.6 is 24.0 Å². The Kier molecular flexibility index (Phi) is 8.23. The summed E-state index contributed by atoms with van der Waals surface area (Å²) in [6, 6.07) is 5.19. The van der Waals surface area contributed by atoms with Crippen molar-refractivity contribution in [3.8, 4) is 5.69 Å². The topological polar surface area (TPSA) is 63.5 Å². The second-order valence-corrected chi connectivity index (χ2v) is 7.08. The Hall–Kier alpha value is -1.68. The molecule has 6 nitrogen and oxygen atoms in total. The SMILES string of the molecule is CCNC(=NCc1ccc(-n2ccnc2C)c(F)c1)NCC1(C)CCCO1.I. The molecule has 0 spiro atoms. The van der Waals surface area contributed by atoms with Gasteiger partial charge < -0.3 is 19.9 Å². The molecule has 2 N–H and O–H groups in total. The maximum Gasteiger partial charge on any atom is 0.191 e. The van der Waals surface area contributed by atoms with E-state index in [-0.39, 0.29) is 35.4 Å². The average molecular weight is 501 g/mol. The number of nitrogens with zero attached hydrogens (tertiary/aromatic N) is 3. The van der Waals surface area contributed by atoms with Gasteiger partial charge in [-0.1, -0.05) is 6.07 Å². The van der Waals surface area contributed by atoms with Gasteiger partial charge in [0.05, 0.1) is 17.8 Å². The van der Waals surface area contributed by atoms with E-state index in [9.17, 15) is 4.39 Å². The molecule has 3 rings (SSSR count). The minimum atomic E-state index is -0.284. The zero-order valence-corrected chi connectivity index (χ0v) is 19.0. The molecule has 154 valence electrons. The molecule has 28 heavy (non-hydrogen) atoms. The van der Waals surface area contributed by atoms with Crippen molar-refractivity contribution in [2.24, 2.45) is 4.99 Å². The van der Waals surface area contributed by atoms with Gasteiger partial charge in [0.2, 0.25) is 0 Å². The van der Waals surface area contributed by atoms with Crippen LogP contribution in [0, 0.1) is 12.7 Å². The van der Waals surface area contributed by atoms with Crippen molar-refractivity contribution in [3.63, 3.8) is 0 Å². The number of benzene rings is 1. The summed E-state index contributed by atoms with van der Waals surface area (Å²) in [7, 11) is 0. The molecule has 1 aliphatic rings. The summed E-state index contributed by atoms with van der Waals surface area (Å²) in [6.07, 6.45) is 5.55. The summed E-state index contributed by atoms with van der Waals surface area (Å²) in [6.45, 7) is 8.65. The fourth-order valence-corrected chi connectivity index (χ4v) is 3.24. The Morgan fingerprint density at radius 2 is 2.21 bits per heavy atom. The number of imidazole rings is 1. The Labute approximate surface area is 183 Å². The number of aromatic nitrogens is 2. The van der Waals surface area contributed by atoms with E-state index in [0.29, 0.717) is 24.7 Å². The zero-order valence-electron chi connectivity index (χ0n) is 16.7. The van der Waals surface area contributed by atoms with E-state index in [1.54, 1.807) is 23.0 Å². The van der Waals surface area contributed by atoms with Crippen LogP contribution in [0.5, 0.6) is 0 Å². The Morgan fingerprint density at radius 1 is 1.39 bits per heavy atom. The molecule has 1 aromatic heterocycles. The molecule has 1 aromatic carbocycles. The van der Waals surface area contributed by atoms with Gasteiger partial charge in [-0.25, -0.2) is 14.4 Å². The lowest BCUT2D eigenvalue weighted by Crippen LogP contribution is -2.45. The molecule has 2 aromatic rings. The third-order valence-corrected chi connectivity index (χ3v) is 4.79. The first-order valence-electron chi connectivity index (χ1n) is 9.46. The summed E-state index contributed by atoms with van der Waals surface area (Å²) in [5.74, 6) is 1.18. The number of aliphatic imine (C=N–C) groups is 1. The number of rotatable bonds is 6. The van der Waals surface area contributed by atoms with Gasteiger partial charge in [0.25, 0.3) is 0 Å². The lowest BCUT2D eigenvalue weighted by Gasteiger charge is -2.24. The van der Waals surface area contributed by atoms with Gasteiger partial charge in [0.15, 0.2) is 5.96 Å². The highest BCUT2D eigenvalue weighted by Crippen LogP contribution is 2.23. The lowest BCUT2D eigenvalue weighted by molar-refractivity contribution is 0.0243. The number of hydrogen-bond donors (Lipinski definition) is 2. The van der Waals surface area contributed by atoms with Gasteiger partial charge in [-0.3, -0.25) is 0 Å². The Balaban J connectivity index is 0.00000280. The summed E-state index contributed by atoms with van der Waals surface area (Å²) in [5, 5.41) is 6.56. The second-order valence-electron chi connectivity index (χ2n) is 7.08. The van der Waals surface area contributed by atoms with Gasteiger partial charge in [-0.05, 0) is 51.3 Å². The molecule has 1 aliphatic heterocycles. The minimum absolute atomic E-state index is 0. The van der Waals surface area contributed by atoms with Crippen LogP contribution in [0.1, 0.15) is 38.1 Å². The highest BCUT2D eigenvalue weighted by molar-refractivity contribution is 14.0. The molecule has 1 atom stereocenters. The highest BCUT2D eigenvalue weighted by Gasteiger charge is 2.29. The van der Waals surface area contributed by atoms with Crippen LogP contribution in [0.15, 0.2) is 35.6 Å². The van der Waals surface area contributed by atoms with Crippen LogP contribution in [0.2, 0.25) is 0 Å². The summed E-state index contributed by atoms with van der Waals surface area (Å²) < 4.78 is 22.1. The van der Waals surface area contributed by atoms with Crippen LogP contribution in [-0.2, 0) is 11.3 Å². The number of guanidine groups is 1. The van der Waals surface area contributed by atoms with Crippen LogP contribution in [0.4, 0.5) is 4.39 Å². The number of nitrogens with one attached hydrogen (secondary N) is 2. The van der Waals surface area contributed by atoms with Crippen molar-refractivity contribution < 1.29 is 9.13 Å². The molecule has 1 saturated heterocycles. The molecule has 0 aliphatic carbocycles. The standard InChI is InChI=1S/C20H28FN5O.HI/c1-4-22-19(25-14-20(3)8-5-11-27-20)24-13-16-6-7-18(17(21)12-16)26-10-9-23-15(26)2;/h6-7,9-10,12H,4-5,8,11,13-14H2,1-3H3,(H2,22,24,25);1H. The molecular formula is C20H29FIN5O. The van der Waals surface area contributed by atoms with Crippen molar-refractivity contribution in [3.05, 3.63) is 47.8 Å². The van der Waals surface area contributed by atoms with Crippen LogP contribution < -0.4 is 10.6 Å². The van der Waals surface area contributed by atoms with Crippen molar-refractivity contribution in [2.75, 3.05) is 19.7 Å². The number of aryl methyl sites for hydroxylation is 1. The molecule has 0 radical (unpaired) electrons. The van der Waals surface area contributed by atoms with E-state index in [1.807, 2.05) is 19.9 Å². The number of halogens is 2. The highest BCUT2D eigenvalue weighted by atomic mass is 127. The quantitative estimate of drug-likeness (QED) is 0.361. The summed E-state index contributed by atoms with van der Waals surface area (Å²) in [4.78, 5) is 8.72. The smallest absolute Gasteiger partial charge is 0.191 e. The first-order valence-corrected chi connectivity index (χ1v) is 9.46. The monoisotopic (exact) mass is 501 g/mol. The van der Waals surface area contributed by atoms with Crippen molar-refractivity contribution in [1.29, 1.82) is 0 Å². The van der Waals surface area contributed by atoms with Gasteiger partial charge >= 0.3 is 0 Å². The maximum absolute atomic E-state index is 14.5. The van der Waals surface area contributed by atoms with Crippen LogP contribution in [-0.4, -0.2) is 40.8 Å². The van der Waals surface area contributed by atoms with Gasteiger partial charge in [0, 0.05) is 32.1 Å². The summed E-state index contributed by atoms with van der Waals surface area (Å²) in [5.41, 5.74) is 1.16. The molecule has 8 heteroatoms. The van der Waals surface area contributed by atoms with Crippen molar-refractivity contribution in [1.82, 2.24) is 20.2 Å². The molecule has 0 saturated carbocycles. The van der Waals surface area contributed by atoms with E-state index in [0.717, 1.165) is 37.4 Å². The number of ether oxygens (including phenoxy) is 1. The first-order chi connectivity index (χ1) is 13.0. The van der Waals surface area contributed by atoms with Crippen LogP contribution in [0.3, 0.4) is 0 Å². The van der Waals surface area contributed by atoms with E-state index < -0.39 is 0 Å². The molecule has 1 unspecified atom stereocenters. The fraction of sp³-hybridized carbons (Fsp3) is 0.500. The van der Waals surface area contributed by atoms with Crippen molar-refractivity contribution >= 4 is 29.9 Å². The molecule has 0 amide bonds. The Bertz CT molecular complexity index is 802. The van der Waals surface area contributed by atoms with E-state index in [2.05, 4.69) is 27.5 Å². The fourth-order valence-electron chi connectivity index (χ4n) is 3.24. The van der Waals surface area contributed by atoms with Gasteiger partial charge in [-0.2, -0.15) is 0 Å². The summed E-state index contributed by atoms with van der Waals surface area (Å²) >= 11 is 0.